The zero-order valence-electron chi connectivity index (χ0n) is 12.5. The third-order valence-corrected chi connectivity index (χ3v) is 5.85. The summed E-state index contributed by atoms with van der Waals surface area (Å²) in [5.74, 6) is -0.650. The standard InChI is InChI=1S/C13H17N3O4S2/c1-9-8-21-11(13(17)20-3)12(9)22(18,19)14-6-4-10-5-7-16(2)15-10/h5,7-8,14H,4,6H2,1-3H3. The predicted molar refractivity (Wildman–Crippen MR) is 82.5 cm³/mol. The van der Waals surface area contributed by atoms with Crippen LogP contribution in [0.3, 0.4) is 0 Å². The van der Waals surface area contributed by atoms with E-state index in [4.69, 9.17) is 0 Å². The van der Waals surface area contributed by atoms with Crippen molar-refractivity contribution in [2.24, 2.45) is 7.05 Å². The van der Waals surface area contributed by atoms with Crippen molar-refractivity contribution in [2.75, 3.05) is 13.7 Å². The van der Waals surface area contributed by atoms with E-state index in [1.165, 1.54) is 7.11 Å². The highest BCUT2D eigenvalue weighted by molar-refractivity contribution is 7.89. The highest BCUT2D eigenvalue weighted by Gasteiger charge is 2.27. The monoisotopic (exact) mass is 343 g/mol. The van der Waals surface area contributed by atoms with Crippen molar-refractivity contribution in [2.45, 2.75) is 18.2 Å². The smallest absolute Gasteiger partial charge is 0.349 e. The molecule has 9 heteroatoms. The lowest BCUT2D eigenvalue weighted by atomic mass is 10.3. The van der Waals surface area contributed by atoms with Crippen molar-refractivity contribution in [1.82, 2.24) is 14.5 Å². The Morgan fingerprint density at radius 3 is 2.82 bits per heavy atom. The summed E-state index contributed by atoms with van der Waals surface area (Å²) < 4.78 is 33.6. The third kappa shape index (κ3) is 3.54. The van der Waals surface area contributed by atoms with Crippen LogP contribution in [0, 0.1) is 6.92 Å². The first-order valence-corrected chi connectivity index (χ1v) is 8.86. The number of nitrogens with one attached hydrogen (secondary N) is 1. The molecular formula is C13H17N3O4S2. The van der Waals surface area contributed by atoms with Crippen LogP contribution < -0.4 is 4.72 Å². The average molecular weight is 343 g/mol. The number of methoxy groups -OCH3 is 1. The molecule has 0 aliphatic heterocycles. The van der Waals surface area contributed by atoms with Crippen molar-refractivity contribution in [3.63, 3.8) is 0 Å². The zero-order chi connectivity index (χ0) is 16.3. The summed E-state index contributed by atoms with van der Waals surface area (Å²) in [6, 6.07) is 1.82. The lowest BCUT2D eigenvalue weighted by molar-refractivity contribution is 0.0602. The minimum Gasteiger partial charge on any atom is -0.465 e. The molecule has 0 atom stereocenters. The summed E-state index contributed by atoms with van der Waals surface area (Å²) in [4.78, 5) is 11.8. The van der Waals surface area contributed by atoms with Crippen molar-refractivity contribution >= 4 is 27.3 Å². The quantitative estimate of drug-likeness (QED) is 0.793. The first-order valence-electron chi connectivity index (χ1n) is 6.49. The molecule has 0 radical (unpaired) electrons. The Hall–Kier alpha value is -1.71. The first kappa shape index (κ1) is 16.7. The van der Waals surface area contributed by atoms with E-state index in [1.807, 2.05) is 6.07 Å². The van der Waals surface area contributed by atoms with E-state index in [2.05, 4.69) is 14.6 Å². The molecule has 0 fully saturated rings. The van der Waals surface area contributed by atoms with Gasteiger partial charge >= 0.3 is 5.97 Å². The molecule has 0 saturated heterocycles. The fourth-order valence-corrected chi connectivity index (χ4v) is 4.72. The zero-order valence-corrected chi connectivity index (χ0v) is 14.1. The van der Waals surface area contributed by atoms with Gasteiger partial charge in [0, 0.05) is 26.2 Å². The van der Waals surface area contributed by atoms with Crippen LogP contribution in [0.1, 0.15) is 20.9 Å². The van der Waals surface area contributed by atoms with Gasteiger partial charge in [0.15, 0.2) is 0 Å². The molecule has 0 aromatic carbocycles. The Balaban J connectivity index is 2.13. The van der Waals surface area contributed by atoms with Gasteiger partial charge in [0.25, 0.3) is 0 Å². The van der Waals surface area contributed by atoms with Crippen molar-refractivity contribution in [3.05, 3.63) is 33.8 Å². The molecule has 0 spiro atoms. The second-order valence-electron chi connectivity index (χ2n) is 4.70. The number of nitrogens with zero attached hydrogens (tertiary/aromatic N) is 2. The minimum absolute atomic E-state index is 0.00892. The summed E-state index contributed by atoms with van der Waals surface area (Å²) in [5.41, 5.74) is 1.32. The van der Waals surface area contributed by atoms with Crippen LogP contribution in [0.15, 0.2) is 22.5 Å². The van der Waals surface area contributed by atoms with E-state index >= 15 is 0 Å². The maximum absolute atomic E-state index is 12.4. The maximum Gasteiger partial charge on any atom is 0.349 e. The molecule has 2 aromatic rings. The molecule has 22 heavy (non-hydrogen) atoms. The van der Waals surface area contributed by atoms with Crippen LogP contribution >= 0.6 is 11.3 Å². The fourth-order valence-electron chi connectivity index (χ4n) is 1.98. The third-order valence-electron chi connectivity index (χ3n) is 3.00. The van der Waals surface area contributed by atoms with Gasteiger partial charge in [-0.1, -0.05) is 0 Å². The van der Waals surface area contributed by atoms with Gasteiger partial charge in [-0.3, -0.25) is 4.68 Å². The molecule has 0 aliphatic carbocycles. The minimum atomic E-state index is -3.77. The first-order chi connectivity index (χ1) is 10.3. The largest absolute Gasteiger partial charge is 0.465 e. The topological polar surface area (TPSA) is 90.3 Å². The Morgan fingerprint density at radius 1 is 1.50 bits per heavy atom. The maximum atomic E-state index is 12.4. The number of hydrogen-bond acceptors (Lipinski definition) is 6. The summed E-state index contributed by atoms with van der Waals surface area (Å²) in [6.07, 6.45) is 2.26. The number of aromatic nitrogens is 2. The number of carbonyl (C=O) groups is 1. The van der Waals surface area contributed by atoms with Gasteiger partial charge in [-0.2, -0.15) is 5.10 Å². The Morgan fingerprint density at radius 2 is 2.23 bits per heavy atom. The molecule has 2 heterocycles. The van der Waals surface area contributed by atoms with Crippen LogP contribution in [0.5, 0.6) is 0 Å². The lowest BCUT2D eigenvalue weighted by Gasteiger charge is -2.07. The number of rotatable bonds is 6. The Labute approximate surface area is 133 Å². The summed E-state index contributed by atoms with van der Waals surface area (Å²) in [5, 5.41) is 5.80. The molecule has 0 unspecified atom stereocenters. The Kier molecular flexibility index (Phi) is 4.99. The fraction of sp³-hybridized carbons (Fsp3) is 0.385. The van der Waals surface area contributed by atoms with Crippen LogP contribution in [-0.2, 0) is 28.2 Å². The van der Waals surface area contributed by atoms with E-state index in [0.29, 0.717) is 12.0 Å². The van der Waals surface area contributed by atoms with E-state index in [-0.39, 0.29) is 16.3 Å². The molecule has 0 saturated carbocycles. The summed E-state index contributed by atoms with van der Waals surface area (Å²) in [7, 11) is -0.751. The number of hydrogen-bond donors (Lipinski definition) is 1. The lowest BCUT2D eigenvalue weighted by Crippen LogP contribution is -2.27. The van der Waals surface area contributed by atoms with E-state index < -0.39 is 16.0 Å². The van der Waals surface area contributed by atoms with E-state index in [9.17, 15) is 13.2 Å². The number of ether oxygens (including phenoxy) is 1. The highest BCUT2D eigenvalue weighted by Crippen LogP contribution is 2.27. The van der Waals surface area contributed by atoms with Crippen molar-refractivity contribution in [3.8, 4) is 0 Å². The normalized spacial score (nSPS) is 11.6. The molecule has 120 valence electrons. The van der Waals surface area contributed by atoms with Gasteiger partial charge in [0.2, 0.25) is 10.0 Å². The molecular weight excluding hydrogens is 326 g/mol. The molecule has 1 N–H and O–H groups in total. The van der Waals surface area contributed by atoms with Gasteiger partial charge < -0.3 is 4.74 Å². The van der Waals surface area contributed by atoms with Gasteiger partial charge in [-0.05, 0) is 23.9 Å². The van der Waals surface area contributed by atoms with Gasteiger partial charge in [-0.15, -0.1) is 11.3 Å². The van der Waals surface area contributed by atoms with Crippen molar-refractivity contribution in [1.29, 1.82) is 0 Å². The second-order valence-corrected chi connectivity index (χ2v) is 7.28. The molecule has 7 nitrogen and oxygen atoms in total. The summed E-state index contributed by atoms with van der Waals surface area (Å²) >= 11 is 1.06. The van der Waals surface area contributed by atoms with Crippen LogP contribution in [0.25, 0.3) is 0 Å². The molecule has 0 aliphatic rings. The van der Waals surface area contributed by atoms with Crippen LogP contribution in [0.2, 0.25) is 0 Å². The second kappa shape index (κ2) is 6.59. The van der Waals surface area contributed by atoms with E-state index in [1.54, 1.807) is 30.2 Å². The number of sulfonamides is 1. The van der Waals surface area contributed by atoms with Gasteiger partial charge in [0.05, 0.1) is 12.8 Å². The highest BCUT2D eigenvalue weighted by atomic mass is 32.2. The molecule has 2 aromatic heterocycles. The van der Waals surface area contributed by atoms with Crippen LogP contribution in [0.4, 0.5) is 0 Å². The molecule has 0 amide bonds. The average Bonchev–Trinajstić information content (AvgIpc) is 3.04. The number of esters is 1. The van der Waals surface area contributed by atoms with Gasteiger partial charge in [0.1, 0.15) is 9.77 Å². The Bertz CT molecular complexity index is 777. The van der Waals surface area contributed by atoms with Crippen molar-refractivity contribution < 1.29 is 17.9 Å². The van der Waals surface area contributed by atoms with E-state index in [0.717, 1.165) is 17.0 Å². The molecule has 2 rings (SSSR count). The predicted octanol–water partition coefficient (Wildman–Crippen LogP) is 1.10. The SMILES string of the molecule is COC(=O)c1scc(C)c1S(=O)(=O)NCCc1ccn(C)n1. The number of aryl methyl sites for hydroxylation is 2. The summed E-state index contributed by atoms with van der Waals surface area (Å²) in [6.45, 7) is 1.85. The molecule has 0 bridgehead atoms. The number of carbonyl (C=O) groups excluding carboxylic acids is 1. The number of thiophene rings is 1. The van der Waals surface area contributed by atoms with Crippen LogP contribution in [-0.4, -0.2) is 37.8 Å². The van der Waals surface area contributed by atoms with Gasteiger partial charge in [-0.25, -0.2) is 17.9 Å².